The van der Waals surface area contributed by atoms with Gasteiger partial charge in [-0.15, -0.1) is 0 Å². The first kappa shape index (κ1) is 28.3. The molecule has 8 heteroatoms. The summed E-state index contributed by atoms with van der Waals surface area (Å²) in [6.07, 6.45) is 6.77. The zero-order valence-corrected chi connectivity index (χ0v) is 24.3. The molecule has 3 heterocycles. The Morgan fingerprint density at radius 1 is 0.744 bits per heavy atom. The molecule has 0 radical (unpaired) electrons. The summed E-state index contributed by atoms with van der Waals surface area (Å²) in [4.78, 5) is 25.2. The van der Waals surface area contributed by atoms with Crippen LogP contribution in [0, 0.1) is 0 Å². The fourth-order valence-corrected chi connectivity index (χ4v) is 5.55. The molecule has 5 aromatic rings. The van der Waals surface area contributed by atoms with Crippen molar-refractivity contribution in [2.24, 2.45) is 0 Å². The van der Waals surface area contributed by atoms with Gasteiger partial charge in [-0.25, -0.2) is 4.98 Å². The predicted octanol–water partition coefficient (Wildman–Crippen LogP) is 7.00. The van der Waals surface area contributed by atoms with Gasteiger partial charge < -0.3 is 19.7 Å². The summed E-state index contributed by atoms with van der Waals surface area (Å²) in [5.41, 5.74) is 2.60. The maximum atomic E-state index is 13.4. The van der Waals surface area contributed by atoms with E-state index < -0.39 is 0 Å². The second-order valence-corrected chi connectivity index (χ2v) is 10.8. The van der Waals surface area contributed by atoms with E-state index in [1.807, 2.05) is 60.7 Å². The molecular formula is C35H37N5O3. The van der Waals surface area contributed by atoms with Gasteiger partial charge in [0.05, 0.1) is 13.2 Å². The molecule has 1 aliphatic heterocycles. The van der Waals surface area contributed by atoms with E-state index in [4.69, 9.17) is 14.5 Å². The van der Waals surface area contributed by atoms with E-state index in [1.54, 1.807) is 22.9 Å². The van der Waals surface area contributed by atoms with Crippen LogP contribution in [0.25, 0.3) is 11.0 Å². The summed E-state index contributed by atoms with van der Waals surface area (Å²) in [5.74, 6) is 2.04. The lowest BCUT2D eigenvalue weighted by Crippen LogP contribution is -2.29. The first-order valence-electron chi connectivity index (χ1n) is 15.1. The van der Waals surface area contributed by atoms with Crippen molar-refractivity contribution in [1.82, 2.24) is 14.5 Å². The average molecular weight is 576 g/mol. The van der Waals surface area contributed by atoms with Crippen molar-refractivity contribution in [3.8, 4) is 11.5 Å². The normalized spacial score (nSPS) is 13.3. The Morgan fingerprint density at radius 3 is 2.00 bits per heavy atom. The number of rotatable bonds is 12. The first-order valence-corrected chi connectivity index (χ1v) is 15.1. The third-order valence-corrected chi connectivity index (χ3v) is 7.80. The fourth-order valence-electron chi connectivity index (χ4n) is 5.55. The number of piperidine rings is 1. The van der Waals surface area contributed by atoms with Crippen molar-refractivity contribution in [2.75, 3.05) is 36.5 Å². The maximum absolute atomic E-state index is 13.4. The minimum Gasteiger partial charge on any atom is -0.494 e. The van der Waals surface area contributed by atoms with Crippen LogP contribution >= 0.6 is 0 Å². The van der Waals surface area contributed by atoms with Gasteiger partial charge in [-0.3, -0.25) is 9.36 Å². The number of benzene rings is 3. The summed E-state index contributed by atoms with van der Waals surface area (Å²) in [7, 11) is 0. The van der Waals surface area contributed by atoms with Crippen LogP contribution in [0.15, 0.2) is 108 Å². The number of para-hydroxylation sites is 2. The molecule has 0 unspecified atom stereocenters. The molecule has 0 atom stereocenters. The van der Waals surface area contributed by atoms with Crippen LogP contribution in [0.4, 0.5) is 17.3 Å². The summed E-state index contributed by atoms with van der Waals surface area (Å²) in [6, 6.07) is 31.0. The predicted molar refractivity (Wildman–Crippen MR) is 172 cm³/mol. The minimum atomic E-state index is -0.199. The standard InChI is InChI=1S/C35H37N5O3/c41-33-19-14-27-26-36-35(37-28-15-17-29(18-16-28)39-22-8-3-9-23-39)38-34(27)40(33)30(20-24-42-31-10-4-1-5-11-31)21-25-43-32-12-6-2-7-13-32/h1-2,4-7,10-19,26,30H,3,8-9,20-25H2,(H,36,37,38). The largest absolute Gasteiger partial charge is 0.494 e. The number of nitrogens with zero attached hydrogens (tertiary/aromatic N) is 4. The van der Waals surface area contributed by atoms with Gasteiger partial charge in [0.15, 0.2) is 0 Å². The van der Waals surface area contributed by atoms with Crippen molar-refractivity contribution in [3.63, 3.8) is 0 Å². The van der Waals surface area contributed by atoms with E-state index in [9.17, 15) is 4.79 Å². The van der Waals surface area contributed by atoms with E-state index in [1.165, 1.54) is 24.9 Å². The zero-order chi connectivity index (χ0) is 29.3. The van der Waals surface area contributed by atoms with Gasteiger partial charge in [0.1, 0.15) is 17.1 Å². The highest BCUT2D eigenvalue weighted by atomic mass is 16.5. The Bertz CT molecular complexity index is 1610. The number of ether oxygens (including phenoxy) is 2. The molecule has 6 rings (SSSR count). The molecule has 0 bridgehead atoms. The molecule has 3 aromatic carbocycles. The Morgan fingerprint density at radius 2 is 1.37 bits per heavy atom. The molecular weight excluding hydrogens is 538 g/mol. The van der Waals surface area contributed by atoms with Gasteiger partial charge in [-0.05, 0) is 73.9 Å². The van der Waals surface area contributed by atoms with E-state index in [0.717, 1.165) is 35.7 Å². The molecule has 43 heavy (non-hydrogen) atoms. The van der Waals surface area contributed by atoms with Crippen molar-refractivity contribution >= 4 is 28.4 Å². The SMILES string of the molecule is O=c1ccc2cnc(Nc3ccc(N4CCCCC4)cc3)nc2n1C(CCOc1ccccc1)CCOc1ccccc1. The second-order valence-electron chi connectivity index (χ2n) is 10.8. The lowest BCUT2D eigenvalue weighted by molar-refractivity contribution is 0.237. The van der Waals surface area contributed by atoms with Crippen LogP contribution in [-0.2, 0) is 0 Å². The lowest BCUT2D eigenvalue weighted by Gasteiger charge is -2.28. The number of hydrogen-bond donors (Lipinski definition) is 1. The molecule has 0 saturated carbocycles. The third kappa shape index (κ3) is 7.33. The van der Waals surface area contributed by atoms with E-state index in [-0.39, 0.29) is 11.6 Å². The fraction of sp³-hybridized carbons (Fsp3) is 0.286. The van der Waals surface area contributed by atoms with Gasteiger partial charge in [-0.2, -0.15) is 4.98 Å². The van der Waals surface area contributed by atoms with Crippen LogP contribution in [-0.4, -0.2) is 40.8 Å². The number of anilines is 3. The Kier molecular flexibility index (Phi) is 9.13. The van der Waals surface area contributed by atoms with Crippen LogP contribution < -0.4 is 25.2 Å². The number of pyridine rings is 1. The number of fused-ring (bicyclic) bond motifs is 1. The van der Waals surface area contributed by atoms with Gasteiger partial charge >= 0.3 is 0 Å². The maximum Gasteiger partial charge on any atom is 0.252 e. The first-order chi connectivity index (χ1) is 21.2. The lowest BCUT2D eigenvalue weighted by atomic mass is 10.1. The van der Waals surface area contributed by atoms with Crippen molar-refractivity contribution in [2.45, 2.75) is 38.1 Å². The summed E-state index contributed by atoms with van der Waals surface area (Å²) >= 11 is 0. The minimum absolute atomic E-state index is 0.118. The molecule has 0 amide bonds. The molecule has 220 valence electrons. The highest BCUT2D eigenvalue weighted by molar-refractivity contribution is 5.76. The van der Waals surface area contributed by atoms with Crippen molar-refractivity contribution in [1.29, 1.82) is 0 Å². The monoisotopic (exact) mass is 575 g/mol. The highest BCUT2D eigenvalue weighted by Gasteiger charge is 2.18. The Labute approximate surface area is 251 Å². The second kappa shape index (κ2) is 13.9. The number of nitrogens with one attached hydrogen (secondary N) is 1. The number of hydrogen-bond acceptors (Lipinski definition) is 7. The molecule has 1 fully saturated rings. The van der Waals surface area contributed by atoms with Gasteiger partial charge in [0.2, 0.25) is 5.95 Å². The Balaban J connectivity index is 1.23. The smallest absolute Gasteiger partial charge is 0.252 e. The van der Waals surface area contributed by atoms with Crippen LogP contribution in [0.1, 0.15) is 38.1 Å². The van der Waals surface area contributed by atoms with Crippen molar-refractivity contribution < 1.29 is 9.47 Å². The van der Waals surface area contributed by atoms with Gasteiger partial charge in [0, 0.05) is 61.0 Å². The molecule has 2 aromatic heterocycles. The molecule has 0 aliphatic carbocycles. The average Bonchev–Trinajstić information content (AvgIpc) is 3.06. The molecule has 1 N–H and O–H groups in total. The molecule has 1 saturated heterocycles. The molecule has 0 spiro atoms. The quantitative estimate of drug-likeness (QED) is 0.171. The molecule has 1 aliphatic rings. The zero-order valence-electron chi connectivity index (χ0n) is 24.3. The topological polar surface area (TPSA) is 81.5 Å². The third-order valence-electron chi connectivity index (χ3n) is 7.80. The van der Waals surface area contributed by atoms with Crippen LogP contribution in [0.2, 0.25) is 0 Å². The summed E-state index contributed by atoms with van der Waals surface area (Å²) < 4.78 is 13.8. The van der Waals surface area contributed by atoms with E-state index in [2.05, 4.69) is 39.5 Å². The van der Waals surface area contributed by atoms with Gasteiger partial charge in [-0.1, -0.05) is 36.4 Å². The van der Waals surface area contributed by atoms with E-state index in [0.29, 0.717) is 37.7 Å². The van der Waals surface area contributed by atoms with Crippen LogP contribution in [0.5, 0.6) is 11.5 Å². The van der Waals surface area contributed by atoms with E-state index >= 15 is 0 Å². The number of aromatic nitrogens is 3. The Hall–Kier alpha value is -4.85. The van der Waals surface area contributed by atoms with Crippen molar-refractivity contribution in [3.05, 3.63) is 114 Å². The van der Waals surface area contributed by atoms with Gasteiger partial charge in [0.25, 0.3) is 5.56 Å². The summed E-state index contributed by atoms with van der Waals surface area (Å²) in [6.45, 7) is 3.10. The summed E-state index contributed by atoms with van der Waals surface area (Å²) in [5, 5.41) is 4.13. The highest BCUT2D eigenvalue weighted by Crippen LogP contribution is 2.25. The molecule has 8 nitrogen and oxygen atoms in total. The van der Waals surface area contributed by atoms with Crippen LogP contribution in [0.3, 0.4) is 0 Å².